The van der Waals surface area contributed by atoms with E-state index in [-0.39, 0.29) is 11.7 Å². The lowest BCUT2D eigenvalue weighted by molar-refractivity contribution is 0.0154. The van der Waals surface area contributed by atoms with Gasteiger partial charge in [-0.25, -0.2) is 13.4 Å². The van der Waals surface area contributed by atoms with Crippen LogP contribution >= 0.6 is 11.6 Å². The third-order valence-corrected chi connectivity index (χ3v) is 8.84. The zero-order valence-corrected chi connectivity index (χ0v) is 20.9. The highest BCUT2D eigenvalue weighted by molar-refractivity contribution is 7.91. The first-order valence-electron chi connectivity index (χ1n) is 11.7. The van der Waals surface area contributed by atoms with Crippen LogP contribution in [-0.4, -0.2) is 62.0 Å². The molecule has 1 N–H and O–H groups in total. The van der Waals surface area contributed by atoms with E-state index in [2.05, 4.69) is 21.9 Å². The van der Waals surface area contributed by atoms with E-state index >= 15 is 0 Å². The molecular formula is C25H29ClN4O3S. The second-order valence-electron chi connectivity index (χ2n) is 9.19. The van der Waals surface area contributed by atoms with E-state index in [0.717, 1.165) is 53.8 Å². The van der Waals surface area contributed by atoms with E-state index in [4.69, 9.17) is 21.3 Å². The minimum atomic E-state index is -3.32. The molecule has 2 atom stereocenters. The van der Waals surface area contributed by atoms with Crippen molar-refractivity contribution in [2.75, 3.05) is 32.5 Å². The molecule has 1 fully saturated rings. The number of H-pyrrole nitrogens is 1. The Labute approximate surface area is 205 Å². The maximum absolute atomic E-state index is 12.5. The fraction of sp³-hybridized carbons (Fsp3) is 0.440. The van der Waals surface area contributed by atoms with Crippen LogP contribution in [0.15, 0.2) is 46.4 Å². The Morgan fingerprint density at radius 2 is 2.03 bits per heavy atom. The molecule has 2 unspecified atom stereocenters. The van der Waals surface area contributed by atoms with Crippen molar-refractivity contribution in [1.82, 2.24) is 14.9 Å². The number of aromatic amines is 1. The van der Waals surface area contributed by atoms with Crippen LogP contribution in [0.25, 0.3) is 11.0 Å². The van der Waals surface area contributed by atoms with Crippen LogP contribution in [-0.2, 0) is 14.6 Å². The third-order valence-electron chi connectivity index (χ3n) is 6.90. The van der Waals surface area contributed by atoms with Crippen molar-refractivity contribution in [2.45, 2.75) is 36.8 Å². The van der Waals surface area contributed by atoms with E-state index in [1.165, 1.54) is 0 Å². The van der Waals surface area contributed by atoms with Gasteiger partial charge in [0, 0.05) is 23.7 Å². The number of ether oxygens (including phenoxy) is 1. The fourth-order valence-corrected chi connectivity index (χ4v) is 5.92. The van der Waals surface area contributed by atoms with Crippen LogP contribution in [0, 0.1) is 5.92 Å². The first-order chi connectivity index (χ1) is 16.4. The van der Waals surface area contributed by atoms with Crippen molar-refractivity contribution < 1.29 is 13.2 Å². The molecule has 3 aromatic rings. The molecule has 4 heterocycles. The predicted octanol–water partition coefficient (Wildman–Crippen LogP) is 4.58. The second-order valence-corrected chi connectivity index (χ2v) is 11.9. The van der Waals surface area contributed by atoms with Gasteiger partial charge in [-0.3, -0.25) is 4.99 Å². The van der Waals surface area contributed by atoms with Gasteiger partial charge in [0.25, 0.3) is 0 Å². The first kappa shape index (κ1) is 23.5. The van der Waals surface area contributed by atoms with E-state index in [9.17, 15) is 8.42 Å². The summed E-state index contributed by atoms with van der Waals surface area (Å²) in [7, 11) is -1.17. The predicted molar refractivity (Wildman–Crippen MR) is 135 cm³/mol. The molecule has 0 bridgehead atoms. The van der Waals surface area contributed by atoms with Gasteiger partial charge in [0.2, 0.25) is 0 Å². The quantitative estimate of drug-likeness (QED) is 0.535. The van der Waals surface area contributed by atoms with Gasteiger partial charge in [0.05, 0.1) is 28.0 Å². The maximum atomic E-state index is 12.5. The summed E-state index contributed by atoms with van der Waals surface area (Å²) in [5.41, 5.74) is 3.41. The normalized spacial score (nSPS) is 21.7. The van der Waals surface area contributed by atoms with Crippen molar-refractivity contribution in [3.05, 3.63) is 58.4 Å². The van der Waals surface area contributed by atoms with E-state index in [1.54, 1.807) is 31.3 Å². The number of nitrogens with zero attached hydrogens (tertiary/aromatic N) is 3. The molecule has 1 aromatic carbocycles. The number of hydrogen-bond acceptors (Lipinski definition) is 6. The molecule has 0 aliphatic carbocycles. The highest BCUT2D eigenvalue weighted by Crippen LogP contribution is 2.41. The largest absolute Gasteiger partial charge is 0.351 e. The standard InChI is InChI=1S/C25H29ClN4O3S/c1-3-34(31,32)19-6-4-5-17(11-19)21-14-28-25(33-15-16-7-9-30(2)10-8-16)23-22(21)20-12-18(26)13-27-24(20)29-23/h4-6,11-14,16,21,25H,3,7-10,15H2,1-2H3,(H,27,29). The molecule has 5 rings (SSSR count). The molecule has 0 amide bonds. The van der Waals surface area contributed by atoms with Crippen LogP contribution in [0.4, 0.5) is 0 Å². The van der Waals surface area contributed by atoms with E-state index in [0.29, 0.717) is 22.4 Å². The summed E-state index contributed by atoms with van der Waals surface area (Å²) < 4.78 is 31.3. The van der Waals surface area contributed by atoms with E-state index in [1.807, 2.05) is 18.3 Å². The lowest BCUT2D eigenvalue weighted by Gasteiger charge is -2.30. The summed E-state index contributed by atoms with van der Waals surface area (Å²) in [6, 6.07) is 9.01. The zero-order valence-electron chi connectivity index (χ0n) is 19.4. The fourth-order valence-electron chi connectivity index (χ4n) is 4.83. The maximum Gasteiger partial charge on any atom is 0.188 e. The summed E-state index contributed by atoms with van der Waals surface area (Å²) in [5.74, 6) is 0.333. The summed E-state index contributed by atoms with van der Waals surface area (Å²) in [5, 5.41) is 1.44. The van der Waals surface area contributed by atoms with Crippen LogP contribution in [0.5, 0.6) is 0 Å². The van der Waals surface area contributed by atoms with Crippen molar-refractivity contribution in [3.8, 4) is 0 Å². The van der Waals surface area contributed by atoms with Crippen molar-refractivity contribution in [3.63, 3.8) is 0 Å². The van der Waals surface area contributed by atoms with Gasteiger partial charge >= 0.3 is 0 Å². The number of aromatic nitrogens is 2. The Balaban J connectivity index is 1.51. The molecule has 9 heteroatoms. The lowest BCUT2D eigenvalue weighted by atomic mass is 9.88. The minimum Gasteiger partial charge on any atom is -0.351 e. The average Bonchev–Trinajstić information content (AvgIpc) is 3.22. The number of nitrogens with one attached hydrogen (secondary N) is 1. The average molecular weight is 501 g/mol. The molecule has 34 heavy (non-hydrogen) atoms. The Morgan fingerprint density at radius 1 is 1.24 bits per heavy atom. The molecule has 0 saturated carbocycles. The topological polar surface area (TPSA) is 87.7 Å². The zero-order chi connectivity index (χ0) is 23.9. The Morgan fingerprint density at radius 3 is 2.79 bits per heavy atom. The van der Waals surface area contributed by atoms with E-state index < -0.39 is 16.1 Å². The molecule has 180 valence electrons. The number of piperidine rings is 1. The van der Waals surface area contributed by atoms with Gasteiger partial charge in [-0.2, -0.15) is 0 Å². The van der Waals surface area contributed by atoms with Crippen LogP contribution in [0.1, 0.15) is 48.7 Å². The Kier molecular flexibility index (Phi) is 6.50. The number of likely N-dealkylation sites (tertiary alicyclic amines) is 1. The van der Waals surface area contributed by atoms with Gasteiger partial charge in [-0.05, 0) is 68.2 Å². The van der Waals surface area contributed by atoms with Crippen molar-refractivity contribution >= 4 is 38.7 Å². The van der Waals surface area contributed by atoms with Gasteiger partial charge in [-0.1, -0.05) is 30.7 Å². The summed E-state index contributed by atoms with van der Waals surface area (Å²) >= 11 is 6.30. The molecule has 0 radical (unpaired) electrons. The number of benzene rings is 1. The summed E-state index contributed by atoms with van der Waals surface area (Å²) in [6.07, 6.45) is 5.26. The second kappa shape index (κ2) is 9.41. The van der Waals surface area contributed by atoms with Crippen LogP contribution in [0.2, 0.25) is 5.02 Å². The number of halogens is 1. The van der Waals surface area contributed by atoms with Crippen molar-refractivity contribution in [1.29, 1.82) is 0 Å². The lowest BCUT2D eigenvalue weighted by Crippen LogP contribution is -2.32. The number of aliphatic imine (C=N–C) groups is 1. The first-order valence-corrected chi connectivity index (χ1v) is 13.7. The highest BCUT2D eigenvalue weighted by Gasteiger charge is 2.32. The van der Waals surface area contributed by atoms with Gasteiger partial charge in [0.15, 0.2) is 16.1 Å². The number of rotatable bonds is 6. The smallest absolute Gasteiger partial charge is 0.188 e. The molecule has 2 aliphatic rings. The SMILES string of the molecule is CCS(=O)(=O)c1cccc(C2C=NC(OCC3CCN(C)CC3)c3[nH]c4ncc(Cl)cc4c32)c1. The Hall–Kier alpha value is -2.26. The molecule has 2 aromatic heterocycles. The molecular weight excluding hydrogens is 472 g/mol. The van der Waals surface area contributed by atoms with Crippen LogP contribution in [0.3, 0.4) is 0 Å². The monoisotopic (exact) mass is 500 g/mol. The molecule has 0 spiro atoms. The highest BCUT2D eigenvalue weighted by atomic mass is 35.5. The number of fused-ring (bicyclic) bond motifs is 3. The molecule has 2 aliphatic heterocycles. The summed E-state index contributed by atoms with van der Waals surface area (Å²) in [4.78, 5) is 15.3. The van der Waals surface area contributed by atoms with Gasteiger partial charge in [0.1, 0.15) is 5.65 Å². The number of sulfone groups is 1. The Bertz CT molecular complexity index is 1330. The molecule has 1 saturated heterocycles. The number of pyridine rings is 1. The van der Waals surface area contributed by atoms with Gasteiger partial charge in [-0.15, -0.1) is 0 Å². The van der Waals surface area contributed by atoms with Crippen molar-refractivity contribution in [2.24, 2.45) is 10.9 Å². The number of hydrogen-bond donors (Lipinski definition) is 1. The third kappa shape index (κ3) is 4.52. The van der Waals surface area contributed by atoms with Gasteiger partial charge < -0.3 is 14.6 Å². The minimum absolute atomic E-state index is 0.0555. The van der Waals surface area contributed by atoms with Crippen LogP contribution < -0.4 is 0 Å². The summed E-state index contributed by atoms with van der Waals surface area (Å²) in [6.45, 7) is 4.47. The molecule has 7 nitrogen and oxygen atoms in total.